The summed E-state index contributed by atoms with van der Waals surface area (Å²) >= 11 is 0. The topological polar surface area (TPSA) is 99.1 Å². The molecule has 2 atom stereocenters. The number of carbonyl (C=O) groups excluding carboxylic acids is 1. The molecular weight excluding hydrogens is 326 g/mol. The standard InChI is InChI=1S/C17H25N3O3S/c1-12(2)9-16(17(21)19-11-14(4)10-18)20-24(22,23)15-7-5-13(3)6-8-15/h5-8,12,14,16,20H,9,11H2,1-4H3,(H,19,21). The molecule has 1 aromatic carbocycles. The van der Waals surface area contributed by atoms with Crippen LogP contribution in [0.25, 0.3) is 0 Å². The number of nitriles is 1. The van der Waals surface area contributed by atoms with Crippen LogP contribution >= 0.6 is 0 Å². The predicted octanol–water partition coefficient (Wildman–Crippen LogP) is 1.96. The monoisotopic (exact) mass is 351 g/mol. The van der Waals surface area contributed by atoms with E-state index in [1.54, 1.807) is 19.1 Å². The highest BCUT2D eigenvalue weighted by atomic mass is 32.2. The smallest absolute Gasteiger partial charge is 0.241 e. The first-order valence-corrected chi connectivity index (χ1v) is 9.40. The Morgan fingerprint density at radius 1 is 1.21 bits per heavy atom. The van der Waals surface area contributed by atoms with E-state index in [1.807, 2.05) is 26.8 Å². The van der Waals surface area contributed by atoms with Gasteiger partial charge in [0.25, 0.3) is 0 Å². The summed E-state index contributed by atoms with van der Waals surface area (Å²) in [6.45, 7) is 7.58. The fourth-order valence-electron chi connectivity index (χ4n) is 2.08. The average molecular weight is 351 g/mol. The molecule has 2 N–H and O–H groups in total. The number of nitrogens with one attached hydrogen (secondary N) is 2. The molecule has 132 valence electrons. The van der Waals surface area contributed by atoms with Crippen LogP contribution in [0.2, 0.25) is 0 Å². The normalized spacial score (nSPS) is 14.0. The largest absolute Gasteiger partial charge is 0.353 e. The minimum absolute atomic E-state index is 0.125. The average Bonchev–Trinajstić information content (AvgIpc) is 2.51. The highest BCUT2D eigenvalue weighted by molar-refractivity contribution is 7.89. The Labute approximate surface area is 144 Å². The zero-order valence-corrected chi connectivity index (χ0v) is 15.4. The van der Waals surface area contributed by atoms with Crippen molar-refractivity contribution >= 4 is 15.9 Å². The molecule has 24 heavy (non-hydrogen) atoms. The minimum Gasteiger partial charge on any atom is -0.353 e. The lowest BCUT2D eigenvalue weighted by atomic mass is 10.0. The molecule has 0 saturated heterocycles. The fraction of sp³-hybridized carbons (Fsp3) is 0.529. The zero-order chi connectivity index (χ0) is 18.3. The van der Waals surface area contributed by atoms with Crippen molar-refractivity contribution in [2.45, 2.75) is 45.1 Å². The van der Waals surface area contributed by atoms with E-state index in [-0.39, 0.29) is 23.3 Å². The molecule has 1 aromatic rings. The number of amides is 1. The van der Waals surface area contributed by atoms with Gasteiger partial charge < -0.3 is 5.32 Å². The number of sulfonamides is 1. The van der Waals surface area contributed by atoms with Gasteiger partial charge in [-0.2, -0.15) is 9.98 Å². The summed E-state index contributed by atoms with van der Waals surface area (Å²) in [7, 11) is -3.79. The number of carbonyl (C=O) groups is 1. The Morgan fingerprint density at radius 2 is 1.79 bits per heavy atom. The molecule has 7 heteroatoms. The highest BCUT2D eigenvalue weighted by Gasteiger charge is 2.26. The van der Waals surface area contributed by atoms with Crippen molar-refractivity contribution in [2.24, 2.45) is 11.8 Å². The molecule has 1 amide bonds. The lowest BCUT2D eigenvalue weighted by Crippen LogP contribution is -2.48. The van der Waals surface area contributed by atoms with E-state index in [0.29, 0.717) is 6.42 Å². The van der Waals surface area contributed by atoms with Crippen molar-refractivity contribution in [3.8, 4) is 6.07 Å². The maximum atomic E-state index is 12.5. The number of benzene rings is 1. The van der Waals surface area contributed by atoms with Crippen molar-refractivity contribution in [1.29, 1.82) is 5.26 Å². The van der Waals surface area contributed by atoms with Crippen molar-refractivity contribution in [1.82, 2.24) is 10.0 Å². The number of aryl methyl sites for hydroxylation is 1. The molecule has 0 radical (unpaired) electrons. The third-order valence-corrected chi connectivity index (χ3v) is 4.94. The Morgan fingerprint density at radius 3 is 2.29 bits per heavy atom. The van der Waals surface area contributed by atoms with Gasteiger partial charge in [0.1, 0.15) is 6.04 Å². The predicted molar refractivity (Wildman–Crippen MR) is 92.5 cm³/mol. The zero-order valence-electron chi connectivity index (χ0n) is 14.5. The minimum atomic E-state index is -3.79. The van der Waals surface area contributed by atoms with Crippen LogP contribution in [-0.4, -0.2) is 26.9 Å². The third-order valence-electron chi connectivity index (χ3n) is 3.46. The van der Waals surface area contributed by atoms with Gasteiger partial charge in [-0.25, -0.2) is 8.42 Å². The van der Waals surface area contributed by atoms with Gasteiger partial charge in [0.05, 0.1) is 16.9 Å². The van der Waals surface area contributed by atoms with Crippen LogP contribution in [0, 0.1) is 30.1 Å². The summed E-state index contributed by atoms with van der Waals surface area (Å²) in [5.41, 5.74) is 0.955. The Bertz CT molecular complexity index is 691. The van der Waals surface area contributed by atoms with E-state index in [0.717, 1.165) is 5.56 Å². The van der Waals surface area contributed by atoms with E-state index in [4.69, 9.17) is 5.26 Å². The van der Waals surface area contributed by atoms with Gasteiger partial charge in [-0.05, 0) is 38.3 Å². The van der Waals surface area contributed by atoms with Crippen molar-refractivity contribution in [3.63, 3.8) is 0 Å². The molecule has 6 nitrogen and oxygen atoms in total. The second-order valence-electron chi connectivity index (χ2n) is 6.39. The van der Waals surface area contributed by atoms with Gasteiger partial charge in [-0.3, -0.25) is 4.79 Å². The van der Waals surface area contributed by atoms with E-state index < -0.39 is 22.0 Å². The SMILES string of the molecule is Cc1ccc(S(=O)(=O)NC(CC(C)C)C(=O)NCC(C)C#N)cc1. The molecule has 0 aliphatic heterocycles. The molecular formula is C17H25N3O3S. The van der Waals surface area contributed by atoms with Crippen LogP contribution in [0.5, 0.6) is 0 Å². The molecule has 0 bridgehead atoms. The van der Waals surface area contributed by atoms with Gasteiger partial charge >= 0.3 is 0 Å². The molecule has 0 heterocycles. The highest BCUT2D eigenvalue weighted by Crippen LogP contribution is 2.13. The first-order chi connectivity index (χ1) is 11.2. The fourth-order valence-corrected chi connectivity index (χ4v) is 3.28. The maximum absolute atomic E-state index is 12.5. The van der Waals surface area contributed by atoms with E-state index in [9.17, 15) is 13.2 Å². The van der Waals surface area contributed by atoms with Gasteiger partial charge in [0, 0.05) is 6.54 Å². The van der Waals surface area contributed by atoms with Crippen LogP contribution in [0.3, 0.4) is 0 Å². The first-order valence-electron chi connectivity index (χ1n) is 7.92. The summed E-state index contributed by atoms with van der Waals surface area (Å²) in [5.74, 6) is -0.612. The van der Waals surface area contributed by atoms with Crippen molar-refractivity contribution < 1.29 is 13.2 Å². The maximum Gasteiger partial charge on any atom is 0.241 e. The molecule has 0 aromatic heterocycles. The second-order valence-corrected chi connectivity index (χ2v) is 8.11. The van der Waals surface area contributed by atoms with Gasteiger partial charge in [-0.15, -0.1) is 0 Å². The lowest BCUT2D eigenvalue weighted by Gasteiger charge is -2.20. The van der Waals surface area contributed by atoms with E-state index >= 15 is 0 Å². The summed E-state index contributed by atoms with van der Waals surface area (Å²) in [5, 5.41) is 11.4. The van der Waals surface area contributed by atoms with Crippen LogP contribution in [0.15, 0.2) is 29.2 Å². The van der Waals surface area contributed by atoms with Gasteiger partial charge in [-0.1, -0.05) is 31.5 Å². The number of hydrogen-bond donors (Lipinski definition) is 2. The molecule has 0 aliphatic carbocycles. The van der Waals surface area contributed by atoms with Crippen LogP contribution in [0.1, 0.15) is 32.8 Å². The Kier molecular flexibility index (Phi) is 7.39. The van der Waals surface area contributed by atoms with Crippen LogP contribution in [-0.2, 0) is 14.8 Å². The summed E-state index contributed by atoms with van der Waals surface area (Å²) in [6.07, 6.45) is 0.373. The number of rotatable bonds is 8. The summed E-state index contributed by atoms with van der Waals surface area (Å²) < 4.78 is 27.5. The molecule has 0 spiro atoms. The quantitative estimate of drug-likeness (QED) is 0.748. The van der Waals surface area contributed by atoms with Gasteiger partial charge in [0.15, 0.2) is 0 Å². The van der Waals surface area contributed by atoms with Gasteiger partial charge in [0.2, 0.25) is 15.9 Å². The molecule has 0 aliphatic rings. The van der Waals surface area contributed by atoms with Crippen molar-refractivity contribution in [2.75, 3.05) is 6.54 Å². The molecule has 0 saturated carbocycles. The third kappa shape index (κ3) is 6.30. The Hall–Kier alpha value is -1.91. The van der Waals surface area contributed by atoms with Crippen LogP contribution < -0.4 is 10.0 Å². The summed E-state index contributed by atoms with van der Waals surface area (Å²) in [4.78, 5) is 12.4. The number of hydrogen-bond acceptors (Lipinski definition) is 4. The lowest BCUT2D eigenvalue weighted by molar-refractivity contribution is -0.123. The molecule has 1 rings (SSSR count). The van der Waals surface area contributed by atoms with E-state index in [1.165, 1.54) is 12.1 Å². The molecule has 2 unspecified atom stereocenters. The summed E-state index contributed by atoms with van der Waals surface area (Å²) in [6, 6.07) is 7.60. The van der Waals surface area contributed by atoms with Crippen molar-refractivity contribution in [3.05, 3.63) is 29.8 Å². The second kappa shape index (κ2) is 8.81. The van der Waals surface area contributed by atoms with Crippen LogP contribution in [0.4, 0.5) is 0 Å². The first kappa shape index (κ1) is 20.1. The Balaban J connectivity index is 2.90. The van der Waals surface area contributed by atoms with E-state index in [2.05, 4.69) is 10.0 Å². The molecule has 0 fully saturated rings. The number of nitrogens with zero attached hydrogens (tertiary/aromatic N) is 1.